The molecule has 5 nitrogen and oxygen atoms in total. The molecule has 1 aliphatic rings. The van der Waals surface area contributed by atoms with Crippen LogP contribution < -0.4 is 5.73 Å². The second-order valence-corrected chi connectivity index (χ2v) is 5.96. The van der Waals surface area contributed by atoms with E-state index in [0.717, 1.165) is 11.1 Å². The van der Waals surface area contributed by atoms with Crippen LogP contribution in [-0.2, 0) is 11.3 Å². The number of nitrogens with two attached hydrogens (primary N) is 1. The van der Waals surface area contributed by atoms with Gasteiger partial charge >= 0.3 is 0 Å². The quantitative estimate of drug-likeness (QED) is 0.819. The third-order valence-electron chi connectivity index (χ3n) is 4.35. The molecule has 6 heteroatoms. The van der Waals surface area contributed by atoms with Gasteiger partial charge in [-0.25, -0.2) is 4.39 Å². The number of imide groups is 1. The van der Waals surface area contributed by atoms with E-state index in [1.165, 1.54) is 12.0 Å². The van der Waals surface area contributed by atoms with Crippen molar-refractivity contribution in [2.75, 3.05) is 13.8 Å². The van der Waals surface area contributed by atoms with Gasteiger partial charge < -0.3 is 10.5 Å². The first-order chi connectivity index (χ1) is 12.1. The molecule has 1 heterocycles. The van der Waals surface area contributed by atoms with Crippen molar-refractivity contribution in [3.8, 4) is 0 Å². The van der Waals surface area contributed by atoms with Crippen LogP contribution in [0.1, 0.15) is 37.9 Å². The van der Waals surface area contributed by atoms with Gasteiger partial charge in [-0.15, -0.1) is 0 Å². The van der Waals surface area contributed by atoms with Crippen LogP contribution in [0.3, 0.4) is 0 Å². The highest BCUT2D eigenvalue weighted by atomic mass is 19.1. The molecule has 0 saturated heterocycles. The summed E-state index contributed by atoms with van der Waals surface area (Å²) in [5, 5.41) is 0. The van der Waals surface area contributed by atoms with Crippen molar-refractivity contribution in [2.45, 2.75) is 18.7 Å². The predicted octanol–water partition coefficient (Wildman–Crippen LogP) is 2.47. The van der Waals surface area contributed by atoms with E-state index in [1.54, 1.807) is 48.5 Å². The average molecular weight is 342 g/mol. The van der Waals surface area contributed by atoms with Gasteiger partial charge in [0.05, 0.1) is 29.8 Å². The van der Waals surface area contributed by atoms with E-state index in [9.17, 15) is 14.0 Å². The summed E-state index contributed by atoms with van der Waals surface area (Å²) in [6, 6.07) is 13.2. The Kier molecular flexibility index (Phi) is 4.92. The van der Waals surface area contributed by atoms with Crippen molar-refractivity contribution in [1.82, 2.24) is 4.90 Å². The summed E-state index contributed by atoms with van der Waals surface area (Å²) in [7, 11) is 1.48. The Balaban J connectivity index is 1.77. The summed E-state index contributed by atoms with van der Waals surface area (Å²) in [5.41, 5.74) is 8.12. The fourth-order valence-electron chi connectivity index (χ4n) is 3.02. The van der Waals surface area contributed by atoms with Crippen molar-refractivity contribution in [3.63, 3.8) is 0 Å². The summed E-state index contributed by atoms with van der Waals surface area (Å²) in [4.78, 5) is 26.0. The minimum absolute atomic E-state index is 0.180. The minimum atomic E-state index is -0.743. The number of carbonyl (C=O) groups is 2. The molecule has 130 valence electrons. The molecule has 2 N–H and O–H groups in total. The van der Waals surface area contributed by atoms with Crippen LogP contribution in [0.15, 0.2) is 48.5 Å². The van der Waals surface area contributed by atoms with Gasteiger partial charge in [0.25, 0.3) is 11.8 Å². The molecular formula is C19H19FN2O3. The highest BCUT2D eigenvalue weighted by molar-refractivity contribution is 6.21. The van der Waals surface area contributed by atoms with E-state index in [1.807, 2.05) is 0 Å². The number of rotatable bonds is 6. The summed E-state index contributed by atoms with van der Waals surface area (Å²) in [6.45, 7) is -0.505. The first-order valence-corrected chi connectivity index (χ1v) is 7.95. The van der Waals surface area contributed by atoms with E-state index in [0.29, 0.717) is 11.1 Å². The lowest BCUT2D eigenvalue weighted by atomic mass is 10.0. The molecule has 25 heavy (non-hydrogen) atoms. The summed E-state index contributed by atoms with van der Waals surface area (Å²) in [5.74, 6) is -0.585. The molecule has 2 aromatic carbocycles. The maximum absolute atomic E-state index is 12.8. The average Bonchev–Trinajstić information content (AvgIpc) is 2.89. The lowest BCUT2D eigenvalue weighted by Crippen LogP contribution is -2.31. The van der Waals surface area contributed by atoms with Gasteiger partial charge in [-0.1, -0.05) is 36.4 Å². The van der Waals surface area contributed by atoms with E-state index >= 15 is 0 Å². The molecule has 0 aliphatic carbocycles. The van der Waals surface area contributed by atoms with E-state index in [2.05, 4.69) is 0 Å². The Morgan fingerprint density at radius 1 is 1.04 bits per heavy atom. The number of fused-ring (bicyclic) bond motifs is 1. The molecule has 2 amide bonds. The van der Waals surface area contributed by atoms with E-state index in [4.69, 9.17) is 10.5 Å². The van der Waals surface area contributed by atoms with Crippen LogP contribution in [-0.4, -0.2) is 36.5 Å². The summed E-state index contributed by atoms with van der Waals surface area (Å²) < 4.78 is 18.0. The minimum Gasteiger partial charge on any atom is -0.375 e. The van der Waals surface area contributed by atoms with Crippen LogP contribution in [0, 0.1) is 0 Å². The normalized spacial score (nSPS) is 16.0. The maximum Gasteiger partial charge on any atom is 0.261 e. The van der Waals surface area contributed by atoms with Crippen molar-refractivity contribution < 1.29 is 18.7 Å². The standard InChI is InChI=1S/C19H19FN2O3/c1-25-17(16(21)10-20)13-8-6-12(7-9-13)11-22-18(23)14-4-2-3-5-15(14)19(22)24/h2-9,16-17H,10-11,21H2,1H3. The molecular weight excluding hydrogens is 323 g/mol. The Bertz CT molecular complexity index is 757. The molecule has 0 bridgehead atoms. The number of ether oxygens (including phenoxy) is 1. The van der Waals surface area contributed by atoms with Crippen molar-refractivity contribution in [2.24, 2.45) is 5.73 Å². The molecule has 2 unspecified atom stereocenters. The number of halogens is 1. The third kappa shape index (κ3) is 3.18. The molecule has 0 spiro atoms. The van der Waals surface area contributed by atoms with Gasteiger partial charge in [0.15, 0.2) is 0 Å². The second kappa shape index (κ2) is 7.13. The molecule has 3 rings (SSSR count). The van der Waals surface area contributed by atoms with Gasteiger partial charge in [-0.2, -0.15) is 0 Å². The fraction of sp³-hybridized carbons (Fsp3) is 0.263. The van der Waals surface area contributed by atoms with Crippen LogP contribution in [0.2, 0.25) is 0 Å². The molecule has 0 fully saturated rings. The molecule has 0 aromatic heterocycles. The third-order valence-corrected chi connectivity index (χ3v) is 4.35. The van der Waals surface area contributed by atoms with Crippen molar-refractivity contribution in [1.29, 1.82) is 0 Å². The first-order valence-electron chi connectivity index (χ1n) is 7.95. The number of amides is 2. The number of carbonyl (C=O) groups excluding carboxylic acids is 2. The molecule has 1 aliphatic heterocycles. The van der Waals surface area contributed by atoms with E-state index < -0.39 is 18.8 Å². The van der Waals surface area contributed by atoms with Gasteiger partial charge in [0.2, 0.25) is 0 Å². The zero-order valence-electron chi connectivity index (χ0n) is 13.8. The number of hydrogen-bond donors (Lipinski definition) is 1. The van der Waals surface area contributed by atoms with Crippen LogP contribution in [0.5, 0.6) is 0 Å². The number of methoxy groups -OCH3 is 1. The fourth-order valence-corrected chi connectivity index (χ4v) is 3.02. The zero-order valence-corrected chi connectivity index (χ0v) is 13.8. The molecule has 2 aromatic rings. The largest absolute Gasteiger partial charge is 0.375 e. The molecule has 2 atom stereocenters. The van der Waals surface area contributed by atoms with Crippen LogP contribution in [0.4, 0.5) is 4.39 Å². The topological polar surface area (TPSA) is 72.6 Å². The molecule has 0 saturated carbocycles. The number of hydrogen-bond acceptors (Lipinski definition) is 4. The van der Waals surface area contributed by atoms with Gasteiger partial charge in [-0.05, 0) is 23.3 Å². The second-order valence-electron chi connectivity index (χ2n) is 5.96. The molecule has 0 radical (unpaired) electrons. The summed E-state index contributed by atoms with van der Waals surface area (Å²) in [6.07, 6.45) is -0.543. The van der Waals surface area contributed by atoms with Gasteiger partial charge in [0, 0.05) is 7.11 Å². The highest BCUT2D eigenvalue weighted by Gasteiger charge is 2.34. The maximum atomic E-state index is 12.8. The highest BCUT2D eigenvalue weighted by Crippen LogP contribution is 2.25. The van der Waals surface area contributed by atoms with Crippen molar-refractivity contribution in [3.05, 3.63) is 70.8 Å². The van der Waals surface area contributed by atoms with Crippen LogP contribution in [0.25, 0.3) is 0 Å². The Labute approximate surface area is 145 Å². The summed E-state index contributed by atoms with van der Waals surface area (Å²) >= 11 is 0. The lowest BCUT2D eigenvalue weighted by molar-refractivity contribution is 0.0641. The first kappa shape index (κ1) is 17.3. The Morgan fingerprint density at radius 3 is 2.08 bits per heavy atom. The monoisotopic (exact) mass is 342 g/mol. The Morgan fingerprint density at radius 2 is 1.60 bits per heavy atom. The SMILES string of the molecule is COC(c1ccc(CN2C(=O)c3ccccc3C2=O)cc1)C(N)CF. The zero-order chi connectivity index (χ0) is 18.0. The lowest BCUT2D eigenvalue weighted by Gasteiger charge is -2.21. The van der Waals surface area contributed by atoms with Crippen molar-refractivity contribution >= 4 is 11.8 Å². The predicted molar refractivity (Wildman–Crippen MR) is 90.8 cm³/mol. The number of benzene rings is 2. The Hall–Kier alpha value is -2.57. The smallest absolute Gasteiger partial charge is 0.261 e. The van der Waals surface area contributed by atoms with Gasteiger partial charge in [-0.3, -0.25) is 14.5 Å². The van der Waals surface area contributed by atoms with Gasteiger partial charge in [0.1, 0.15) is 6.67 Å². The number of alkyl halides is 1. The number of nitrogens with zero attached hydrogens (tertiary/aromatic N) is 1. The van der Waals surface area contributed by atoms with E-state index in [-0.39, 0.29) is 18.4 Å². The van der Waals surface area contributed by atoms with Crippen LogP contribution >= 0.6 is 0 Å².